The molecule has 0 fully saturated rings. The average Bonchev–Trinajstić information content (AvgIpc) is 3.35. The van der Waals surface area contributed by atoms with Crippen molar-refractivity contribution in [1.29, 1.82) is 0 Å². The maximum atomic E-state index is 12.4. The van der Waals surface area contributed by atoms with E-state index in [-0.39, 0.29) is 18.5 Å². The van der Waals surface area contributed by atoms with Crippen LogP contribution in [0, 0.1) is 12.8 Å². The van der Waals surface area contributed by atoms with Crippen molar-refractivity contribution < 1.29 is 14.3 Å². The van der Waals surface area contributed by atoms with Gasteiger partial charge in [-0.05, 0) is 31.6 Å². The molecule has 1 aromatic heterocycles. The van der Waals surface area contributed by atoms with Gasteiger partial charge in [-0.25, -0.2) is 4.68 Å². The third-order valence-corrected chi connectivity index (χ3v) is 4.82. The molecule has 0 saturated heterocycles. The van der Waals surface area contributed by atoms with Gasteiger partial charge in [0.25, 0.3) is 0 Å². The zero-order valence-electron chi connectivity index (χ0n) is 19.5. The van der Waals surface area contributed by atoms with Crippen LogP contribution >= 0.6 is 11.6 Å². The van der Waals surface area contributed by atoms with Gasteiger partial charge in [0.15, 0.2) is 11.5 Å². The van der Waals surface area contributed by atoms with E-state index in [1.807, 2.05) is 50.4 Å². The van der Waals surface area contributed by atoms with Crippen molar-refractivity contribution in [1.82, 2.24) is 20.4 Å². The van der Waals surface area contributed by atoms with Gasteiger partial charge in [0.1, 0.15) is 0 Å². The molecule has 33 heavy (non-hydrogen) atoms. The molecule has 0 aliphatic carbocycles. The summed E-state index contributed by atoms with van der Waals surface area (Å²) in [6.07, 6.45) is 17.0. The van der Waals surface area contributed by atoms with Gasteiger partial charge in [-0.15, -0.1) is 24.4 Å². The summed E-state index contributed by atoms with van der Waals surface area (Å²) in [6.45, 7) is 7.70. The normalized spacial score (nSPS) is 12.1. The van der Waals surface area contributed by atoms with E-state index >= 15 is 0 Å². The number of nitrogens with one attached hydrogen (secondary N) is 2. The summed E-state index contributed by atoms with van der Waals surface area (Å²) in [5, 5.41) is 10.5. The molecular weight excluding hydrogens is 440 g/mol. The minimum Gasteiger partial charge on any atom is -0.493 e. The maximum Gasteiger partial charge on any atom is 0.239 e. The van der Waals surface area contributed by atoms with Gasteiger partial charge in [0.05, 0.1) is 38.7 Å². The molecule has 0 aliphatic heterocycles. The highest BCUT2D eigenvalue weighted by atomic mass is 35.5. The number of alkyl halides is 1. The monoisotopic (exact) mass is 470 g/mol. The van der Waals surface area contributed by atoms with Crippen molar-refractivity contribution in [3.63, 3.8) is 0 Å². The number of halogens is 1. The fourth-order valence-corrected chi connectivity index (χ4v) is 3.14. The van der Waals surface area contributed by atoms with Gasteiger partial charge < -0.3 is 20.1 Å². The van der Waals surface area contributed by atoms with E-state index in [0.29, 0.717) is 17.4 Å². The molecule has 2 aromatic rings. The van der Waals surface area contributed by atoms with Crippen molar-refractivity contribution in [2.24, 2.45) is 0 Å². The zero-order chi connectivity index (χ0) is 24.8. The molecule has 8 heteroatoms. The number of carbonyl (C=O) groups is 1. The molecule has 0 saturated carbocycles. The van der Waals surface area contributed by atoms with Crippen molar-refractivity contribution in [3.8, 4) is 30.0 Å². The number of amides is 1. The maximum absolute atomic E-state index is 12.4. The number of aromatic nitrogens is 2. The number of allylic oxidation sites excluding steroid dienone is 3. The molecule has 0 spiro atoms. The van der Waals surface area contributed by atoms with Crippen LogP contribution in [0.3, 0.4) is 0 Å². The van der Waals surface area contributed by atoms with Crippen molar-refractivity contribution in [2.45, 2.75) is 19.9 Å². The first-order valence-corrected chi connectivity index (χ1v) is 10.7. The molecule has 1 heterocycles. The summed E-state index contributed by atoms with van der Waals surface area (Å²) in [4.78, 5) is 12.4. The second-order valence-corrected chi connectivity index (χ2v) is 6.93. The highest BCUT2D eigenvalue weighted by Crippen LogP contribution is 2.29. The van der Waals surface area contributed by atoms with Gasteiger partial charge in [0, 0.05) is 29.4 Å². The number of terminal acetylenes is 1. The van der Waals surface area contributed by atoms with E-state index in [1.165, 1.54) is 0 Å². The molecule has 0 aliphatic rings. The topological polar surface area (TPSA) is 77.4 Å². The van der Waals surface area contributed by atoms with Crippen LogP contribution in [0.1, 0.15) is 25.5 Å². The van der Waals surface area contributed by atoms with Crippen LogP contribution in [0.25, 0.3) is 5.69 Å². The number of carbonyl (C=O) groups excluding carboxylic acids is 1. The molecule has 2 N–H and O–H groups in total. The highest BCUT2D eigenvalue weighted by molar-refractivity contribution is 6.19. The van der Waals surface area contributed by atoms with Crippen LogP contribution in [0.5, 0.6) is 11.5 Å². The smallest absolute Gasteiger partial charge is 0.239 e. The molecule has 1 atom stereocenters. The van der Waals surface area contributed by atoms with Crippen LogP contribution in [0.15, 0.2) is 66.7 Å². The predicted molar refractivity (Wildman–Crippen MR) is 134 cm³/mol. The van der Waals surface area contributed by atoms with E-state index in [0.717, 1.165) is 22.5 Å². The Kier molecular flexibility index (Phi) is 12.0. The second-order valence-electron chi connectivity index (χ2n) is 6.62. The summed E-state index contributed by atoms with van der Waals surface area (Å²) >= 11 is 5.77. The Labute approximate surface area is 201 Å². The van der Waals surface area contributed by atoms with Crippen LogP contribution in [0.4, 0.5) is 0 Å². The van der Waals surface area contributed by atoms with Crippen molar-refractivity contribution in [3.05, 3.63) is 72.2 Å². The van der Waals surface area contributed by atoms with E-state index in [1.54, 1.807) is 31.2 Å². The standard InChI is InChI=1S/C23H29ClN4O3.C2H2/c1-6-17(10-11-24)20(7-2)25-14-23(29)27-16(3)18-13-26-28(15-18)19-8-9-21(30-4)22(12-19)31-5;1-2/h6-10,12-13,15-16,25H,1,11,14H2,2-5H3,(H,27,29);1-2H/b17-10-,20-7+;. The SMILES string of the molecule is C#C.C=CC(=C/CCl)/C(=C\C)NCC(=O)NC(C)c1cnn(-c2ccc(OC)c(OC)c2)c1. The van der Waals surface area contributed by atoms with Gasteiger partial charge in [-0.1, -0.05) is 24.8 Å². The number of hydrogen-bond acceptors (Lipinski definition) is 5. The lowest BCUT2D eigenvalue weighted by Crippen LogP contribution is -2.35. The first-order chi connectivity index (χ1) is 16.0. The largest absolute Gasteiger partial charge is 0.493 e. The third kappa shape index (κ3) is 7.78. The number of rotatable bonds is 11. The third-order valence-electron chi connectivity index (χ3n) is 4.67. The first kappa shape index (κ1) is 27.4. The van der Waals surface area contributed by atoms with E-state index < -0.39 is 0 Å². The van der Waals surface area contributed by atoms with Gasteiger partial charge >= 0.3 is 0 Å². The summed E-state index contributed by atoms with van der Waals surface area (Å²) in [5.74, 6) is 1.49. The summed E-state index contributed by atoms with van der Waals surface area (Å²) < 4.78 is 12.3. The van der Waals surface area contributed by atoms with Crippen LogP contribution in [-0.2, 0) is 4.79 Å². The molecule has 0 radical (unpaired) electrons. The molecule has 2 rings (SSSR count). The molecule has 1 aromatic carbocycles. The lowest BCUT2D eigenvalue weighted by molar-refractivity contribution is -0.120. The fraction of sp³-hybridized carbons (Fsp3) is 0.280. The molecule has 0 bridgehead atoms. The Morgan fingerprint density at radius 1 is 1.30 bits per heavy atom. The van der Waals surface area contributed by atoms with Gasteiger partial charge in [-0.3, -0.25) is 4.79 Å². The van der Waals surface area contributed by atoms with Crippen molar-refractivity contribution in [2.75, 3.05) is 26.6 Å². The molecule has 7 nitrogen and oxygen atoms in total. The summed E-state index contributed by atoms with van der Waals surface area (Å²) in [5.41, 5.74) is 3.36. The molecular formula is C25H31ClN4O3. The predicted octanol–water partition coefficient (Wildman–Crippen LogP) is 4.16. The number of methoxy groups -OCH3 is 2. The number of nitrogens with zero attached hydrogens (tertiary/aromatic N) is 2. The quantitative estimate of drug-likeness (QED) is 0.293. The van der Waals surface area contributed by atoms with Crippen molar-refractivity contribution >= 4 is 17.5 Å². The Morgan fingerprint density at radius 3 is 2.58 bits per heavy atom. The van der Waals surface area contributed by atoms with Gasteiger partial charge in [0.2, 0.25) is 5.91 Å². The number of benzene rings is 1. The van der Waals surface area contributed by atoms with Crippen LogP contribution < -0.4 is 20.1 Å². The van der Waals surface area contributed by atoms with E-state index in [9.17, 15) is 4.79 Å². The van der Waals surface area contributed by atoms with Crippen LogP contribution in [0.2, 0.25) is 0 Å². The lowest BCUT2D eigenvalue weighted by atomic mass is 10.1. The van der Waals surface area contributed by atoms with E-state index in [2.05, 4.69) is 35.2 Å². The Bertz CT molecular complexity index is 1010. The van der Waals surface area contributed by atoms with Gasteiger partial charge in [-0.2, -0.15) is 5.10 Å². The van der Waals surface area contributed by atoms with E-state index in [4.69, 9.17) is 21.1 Å². The molecule has 1 amide bonds. The molecule has 1 unspecified atom stereocenters. The Morgan fingerprint density at radius 2 is 2.00 bits per heavy atom. The highest BCUT2D eigenvalue weighted by Gasteiger charge is 2.14. The number of hydrogen-bond donors (Lipinski definition) is 2. The minimum absolute atomic E-state index is 0.126. The zero-order valence-corrected chi connectivity index (χ0v) is 20.2. The lowest BCUT2D eigenvalue weighted by Gasteiger charge is -2.15. The average molecular weight is 471 g/mol. The Balaban J connectivity index is 0.00000265. The minimum atomic E-state index is -0.213. The first-order valence-electron chi connectivity index (χ1n) is 10.2. The number of ether oxygens (including phenoxy) is 2. The summed E-state index contributed by atoms with van der Waals surface area (Å²) in [7, 11) is 3.18. The fourth-order valence-electron chi connectivity index (χ4n) is 2.98. The molecule has 176 valence electrons. The summed E-state index contributed by atoms with van der Waals surface area (Å²) in [6, 6.07) is 5.33. The Hall–Kier alpha value is -3.63. The van der Waals surface area contributed by atoms with Crippen LogP contribution in [-0.4, -0.2) is 42.3 Å². The second kappa shape index (κ2) is 14.4.